The Morgan fingerprint density at radius 1 is 1.21 bits per heavy atom. The molecule has 1 heterocycles. The fraction of sp³-hybridized carbons (Fsp3) is 0.143. The number of rotatable bonds is 2. The van der Waals surface area contributed by atoms with E-state index in [1.807, 2.05) is 24.3 Å². The SMILES string of the molecule is CC1C=C(/C=C2\SC(=Nc3ccc(Cl)cc3C(F)(F)F)NC2=O)c2ccccc21. The Kier molecular flexibility index (Phi) is 5.04. The van der Waals surface area contributed by atoms with E-state index in [9.17, 15) is 18.0 Å². The van der Waals surface area contributed by atoms with Gasteiger partial charge in [0.2, 0.25) is 0 Å². The minimum absolute atomic E-state index is 0.0362. The van der Waals surface area contributed by atoms with Crippen molar-refractivity contribution < 1.29 is 18.0 Å². The van der Waals surface area contributed by atoms with Gasteiger partial charge >= 0.3 is 6.18 Å². The number of carbonyl (C=O) groups excluding carboxylic acids is 1. The summed E-state index contributed by atoms with van der Waals surface area (Å²) in [7, 11) is 0. The number of benzene rings is 2. The number of fused-ring (bicyclic) bond motifs is 1. The molecule has 8 heteroatoms. The van der Waals surface area contributed by atoms with Gasteiger partial charge in [0.25, 0.3) is 5.91 Å². The van der Waals surface area contributed by atoms with Crippen LogP contribution in [0.15, 0.2) is 64.5 Å². The fourth-order valence-corrected chi connectivity index (χ4v) is 4.29. The molecule has 0 bridgehead atoms. The van der Waals surface area contributed by atoms with E-state index < -0.39 is 17.6 Å². The minimum Gasteiger partial charge on any atom is -0.300 e. The minimum atomic E-state index is -4.61. The van der Waals surface area contributed by atoms with Crippen LogP contribution in [0.4, 0.5) is 18.9 Å². The Labute approximate surface area is 174 Å². The van der Waals surface area contributed by atoms with Crippen LogP contribution in [0.1, 0.15) is 29.5 Å². The van der Waals surface area contributed by atoms with Gasteiger partial charge in [-0.2, -0.15) is 13.2 Å². The number of aliphatic imine (C=N–C) groups is 1. The molecule has 2 aromatic rings. The normalized spacial score (nSPS) is 21.5. The molecule has 2 aliphatic rings. The molecule has 1 atom stereocenters. The quantitative estimate of drug-likeness (QED) is 0.564. The summed E-state index contributed by atoms with van der Waals surface area (Å²) >= 11 is 6.70. The molecule has 0 saturated carbocycles. The largest absolute Gasteiger partial charge is 0.418 e. The van der Waals surface area contributed by atoms with Gasteiger partial charge in [0, 0.05) is 10.9 Å². The van der Waals surface area contributed by atoms with E-state index in [1.54, 1.807) is 6.08 Å². The molecule has 1 aliphatic heterocycles. The van der Waals surface area contributed by atoms with E-state index in [4.69, 9.17) is 11.6 Å². The molecule has 1 saturated heterocycles. The Balaban J connectivity index is 1.65. The van der Waals surface area contributed by atoms with Crippen LogP contribution in [0.2, 0.25) is 5.02 Å². The Morgan fingerprint density at radius 2 is 1.97 bits per heavy atom. The molecule has 0 spiro atoms. The van der Waals surface area contributed by atoms with E-state index >= 15 is 0 Å². The second-order valence-electron chi connectivity index (χ2n) is 6.64. The molecular weight excluding hydrogens is 421 g/mol. The third-order valence-electron chi connectivity index (χ3n) is 4.62. The van der Waals surface area contributed by atoms with Crippen LogP contribution < -0.4 is 5.32 Å². The van der Waals surface area contributed by atoms with Crippen molar-refractivity contribution in [1.29, 1.82) is 0 Å². The number of thioether (sulfide) groups is 1. The average molecular weight is 435 g/mol. The van der Waals surface area contributed by atoms with Crippen molar-refractivity contribution in [3.8, 4) is 0 Å². The maximum Gasteiger partial charge on any atom is 0.418 e. The van der Waals surface area contributed by atoms with Crippen LogP contribution in [0.5, 0.6) is 0 Å². The lowest BCUT2D eigenvalue weighted by atomic mass is 10.0. The lowest BCUT2D eigenvalue weighted by Crippen LogP contribution is -2.19. The highest BCUT2D eigenvalue weighted by Crippen LogP contribution is 2.40. The summed E-state index contributed by atoms with van der Waals surface area (Å²) in [5, 5.41) is 2.59. The van der Waals surface area contributed by atoms with Crippen molar-refractivity contribution >= 4 is 45.7 Å². The summed E-state index contributed by atoms with van der Waals surface area (Å²) in [6, 6.07) is 11.2. The number of amides is 1. The summed E-state index contributed by atoms with van der Waals surface area (Å²) in [4.78, 5) is 16.7. The van der Waals surface area contributed by atoms with Crippen molar-refractivity contribution in [3.05, 3.63) is 81.2 Å². The molecule has 29 heavy (non-hydrogen) atoms. The van der Waals surface area contributed by atoms with Gasteiger partial charge in [0.1, 0.15) is 0 Å². The van der Waals surface area contributed by atoms with E-state index in [0.29, 0.717) is 4.91 Å². The molecule has 0 radical (unpaired) electrons. The first kappa shape index (κ1) is 19.8. The predicted octanol–water partition coefficient (Wildman–Crippen LogP) is 6.29. The van der Waals surface area contributed by atoms with E-state index in [1.165, 1.54) is 17.7 Å². The average Bonchev–Trinajstić information content (AvgIpc) is 3.16. The number of allylic oxidation sites excluding steroid dienone is 3. The van der Waals surface area contributed by atoms with Crippen molar-refractivity contribution in [2.45, 2.75) is 19.0 Å². The van der Waals surface area contributed by atoms with Crippen LogP contribution in [-0.4, -0.2) is 11.1 Å². The van der Waals surface area contributed by atoms with E-state index in [2.05, 4.69) is 23.3 Å². The highest BCUT2D eigenvalue weighted by atomic mass is 35.5. The number of hydrogen-bond acceptors (Lipinski definition) is 3. The molecule has 1 N–H and O–H groups in total. The maximum absolute atomic E-state index is 13.3. The number of carbonyl (C=O) groups is 1. The standard InChI is InChI=1S/C21H14ClF3N2OS/c1-11-8-12(15-5-3-2-4-14(11)15)9-18-19(28)27-20(29-18)26-17-7-6-13(22)10-16(17)21(23,24)25/h2-11H,1H3,(H,26,27,28)/b18-9-. The van der Waals surface area contributed by atoms with Crippen LogP contribution in [-0.2, 0) is 11.0 Å². The summed E-state index contributed by atoms with van der Waals surface area (Å²) < 4.78 is 39.8. The lowest BCUT2D eigenvalue weighted by Gasteiger charge is -2.10. The molecule has 2 aromatic carbocycles. The Morgan fingerprint density at radius 3 is 2.72 bits per heavy atom. The van der Waals surface area contributed by atoms with E-state index in [-0.39, 0.29) is 21.8 Å². The number of hydrogen-bond donors (Lipinski definition) is 1. The molecule has 1 amide bonds. The van der Waals surface area contributed by atoms with Gasteiger partial charge in [-0.25, -0.2) is 4.99 Å². The van der Waals surface area contributed by atoms with Gasteiger partial charge in [-0.15, -0.1) is 0 Å². The third-order valence-corrected chi connectivity index (χ3v) is 5.76. The van der Waals surface area contributed by atoms with Gasteiger partial charge in [-0.3, -0.25) is 4.79 Å². The number of nitrogens with one attached hydrogen (secondary N) is 1. The second-order valence-corrected chi connectivity index (χ2v) is 8.11. The molecule has 3 nitrogen and oxygen atoms in total. The summed E-state index contributed by atoms with van der Waals surface area (Å²) in [6.07, 6.45) is -0.802. The van der Waals surface area contributed by atoms with Gasteiger partial charge in [-0.05, 0) is 52.7 Å². The van der Waals surface area contributed by atoms with Gasteiger partial charge in [0.15, 0.2) is 5.17 Å². The predicted molar refractivity (Wildman–Crippen MR) is 110 cm³/mol. The highest BCUT2D eigenvalue weighted by molar-refractivity contribution is 8.18. The summed E-state index contributed by atoms with van der Waals surface area (Å²) in [5.41, 5.74) is 1.88. The topological polar surface area (TPSA) is 41.5 Å². The highest BCUT2D eigenvalue weighted by Gasteiger charge is 2.34. The van der Waals surface area contributed by atoms with Crippen LogP contribution >= 0.6 is 23.4 Å². The number of nitrogens with zero attached hydrogens (tertiary/aromatic N) is 1. The second kappa shape index (κ2) is 7.39. The number of halogens is 4. The third kappa shape index (κ3) is 3.97. The molecule has 1 aliphatic carbocycles. The smallest absolute Gasteiger partial charge is 0.300 e. The summed E-state index contributed by atoms with van der Waals surface area (Å²) in [6.45, 7) is 2.07. The van der Waals surface area contributed by atoms with Gasteiger partial charge in [0.05, 0.1) is 16.2 Å². The van der Waals surface area contributed by atoms with Crippen LogP contribution in [0, 0.1) is 0 Å². The van der Waals surface area contributed by atoms with Crippen LogP contribution in [0.3, 0.4) is 0 Å². The molecule has 4 rings (SSSR count). The monoisotopic (exact) mass is 434 g/mol. The molecule has 148 valence electrons. The van der Waals surface area contributed by atoms with Crippen molar-refractivity contribution in [2.24, 2.45) is 4.99 Å². The Hall–Kier alpha value is -2.51. The first-order valence-electron chi connectivity index (χ1n) is 8.70. The van der Waals surface area contributed by atoms with Crippen molar-refractivity contribution in [3.63, 3.8) is 0 Å². The zero-order valence-electron chi connectivity index (χ0n) is 15.0. The maximum atomic E-state index is 13.3. The molecule has 1 unspecified atom stereocenters. The fourth-order valence-electron chi connectivity index (χ4n) is 3.30. The zero-order valence-corrected chi connectivity index (χ0v) is 16.6. The number of amidine groups is 1. The number of alkyl halides is 3. The zero-order chi connectivity index (χ0) is 20.8. The van der Waals surface area contributed by atoms with Crippen molar-refractivity contribution in [1.82, 2.24) is 5.32 Å². The first-order valence-corrected chi connectivity index (χ1v) is 9.89. The van der Waals surface area contributed by atoms with Gasteiger partial charge in [-0.1, -0.05) is 48.9 Å². The molecular formula is C21H14ClF3N2OS. The first-order chi connectivity index (χ1) is 13.7. The lowest BCUT2D eigenvalue weighted by molar-refractivity contribution is -0.137. The Bertz CT molecular complexity index is 1110. The van der Waals surface area contributed by atoms with Gasteiger partial charge < -0.3 is 5.32 Å². The van der Waals surface area contributed by atoms with Crippen LogP contribution in [0.25, 0.3) is 5.57 Å². The molecule has 1 fully saturated rings. The summed E-state index contributed by atoms with van der Waals surface area (Å²) in [5.74, 6) is -0.168. The molecule has 0 aromatic heterocycles. The van der Waals surface area contributed by atoms with Crippen molar-refractivity contribution in [2.75, 3.05) is 0 Å². The van der Waals surface area contributed by atoms with E-state index in [0.717, 1.165) is 29.0 Å².